The maximum Gasteiger partial charge on any atom is 0.118 e. The van der Waals surface area contributed by atoms with Crippen LogP contribution in [0, 0.1) is 11.8 Å². The summed E-state index contributed by atoms with van der Waals surface area (Å²) in [5.41, 5.74) is 0.518. The highest BCUT2D eigenvalue weighted by atomic mass is 16.4. The zero-order chi connectivity index (χ0) is 19.4. The Labute approximate surface area is 161 Å². The molecule has 2 aliphatic rings. The number of phenols is 1. The Morgan fingerprint density at radius 2 is 1.78 bits per heavy atom. The smallest absolute Gasteiger partial charge is 0.118 e. The second kappa shape index (κ2) is 6.08. The molecule has 0 heterocycles. The number of rotatable bonds is 2. The molecular weight excluding hydrogens is 336 g/mol. The summed E-state index contributed by atoms with van der Waals surface area (Å²) in [6.45, 7) is 6.21. The Balaban J connectivity index is 1.87. The zero-order valence-corrected chi connectivity index (χ0v) is 16.4. The molecule has 5 atom stereocenters. The van der Waals surface area contributed by atoms with E-state index in [-0.39, 0.29) is 11.3 Å². The monoisotopic (exact) mass is 366 g/mol. The lowest BCUT2D eigenvalue weighted by atomic mass is 9.47. The lowest BCUT2D eigenvalue weighted by Crippen LogP contribution is -2.63. The quantitative estimate of drug-likeness (QED) is 0.743. The Hall–Kier alpha value is -1.84. The van der Waals surface area contributed by atoms with Crippen LogP contribution in [0.3, 0.4) is 0 Å². The minimum Gasteiger partial charge on any atom is -0.508 e. The highest BCUT2D eigenvalue weighted by molar-refractivity contribution is 5.45. The van der Waals surface area contributed by atoms with Gasteiger partial charge in [0.15, 0.2) is 0 Å². The summed E-state index contributed by atoms with van der Waals surface area (Å²) in [5.74, 6) is 0.935. The van der Waals surface area contributed by atoms with Gasteiger partial charge in [-0.2, -0.15) is 0 Å². The van der Waals surface area contributed by atoms with Gasteiger partial charge >= 0.3 is 0 Å². The molecule has 0 radical (unpaired) electrons. The lowest BCUT2D eigenvalue weighted by Gasteiger charge is -2.60. The van der Waals surface area contributed by atoms with Crippen molar-refractivity contribution in [3.8, 4) is 5.75 Å². The van der Waals surface area contributed by atoms with Crippen LogP contribution >= 0.6 is 0 Å². The Bertz CT molecular complexity index is 844. The van der Waals surface area contributed by atoms with Crippen molar-refractivity contribution in [1.29, 1.82) is 0 Å². The Kier molecular flexibility index (Phi) is 4.17. The van der Waals surface area contributed by atoms with Gasteiger partial charge in [-0.25, -0.2) is 0 Å². The van der Waals surface area contributed by atoms with Crippen molar-refractivity contribution in [2.24, 2.45) is 11.8 Å². The van der Waals surface area contributed by atoms with Crippen LogP contribution in [0.1, 0.15) is 56.7 Å². The van der Waals surface area contributed by atoms with E-state index in [0.717, 1.165) is 18.4 Å². The summed E-state index contributed by atoms with van der Waals surface area (Å²) >= 11 is 0. The molecule has 1 unspecified atom stereocenters. The third-order valence-electron chi connectivity index (χ3n) is 7.51. The van der Waals surface area contributed by atoms with E-state index in [1.54, 1.807) is 13.0 Å². The number of phenolic OH excluding ortho intramolecular Hbond substituents is 1. The molecule has 3 N–H and O–H groups in total. The van der Waals surface area contributed by atoms with Crippen molar-refractivity contribution in [3.05, 3.63) is 65.2 Å². The second-order valence-corrected chi connectivity index (χ2v) is 9.02. The SMILES string of the molecule is CC[C@@]12C[C@@](C)(O)[C@](O)(c3ccccc3)C[C@H]1C(C)Cc1cc(O)ccc12. The van der Waals surface area contributed by atoms with Crippen molar-refractivity contribution in [3.63, 3.8) is 0 Å². The molecule has 2 aromatic carbocycles. The predicted octanol–water partition coefficient (Wildman–Crippen LogP) is 4.28. The Morgan fingerprint density at radius 3 is 2.44 bits per heavy atom. The summed E-state index contributed by atoms with van der Waals surface area (Å²) < 4.78 is 0. The highest BCUT2D eigenvalue weighted by Crippen LogP contribution is 2.61. The molecule has 3 heteroatoms. The van der Waals surface area contributed by atoms with Gasteiger partial charge in [-0.1, -0.05) is 50.2 Å². The first-order chi connectivity index (χ1) is 12.7. The largest absolute Gasteiger partial charge is 0.508 e. The van der Waals surface area contributed by atoms with Crippen LogP contribution in [0.2, 0.25) is 0 Å². The van der Waals surface area contributed by atoms with Gasteiger partial charge in [0.25, 0.3) is 0 Å². The highest BCUT2D eigenvalue weighted by Gasteiger charge is 2.62. The van der Waals surface area contributed by atoms with Crippen LogP contribution < -0.4 is 0 Å². The third-order valence-corrected chi connectivity index (χ3v) is 7.51. The third kappa shape index (κ3) is 2.55. The number of aliphatic hydroxyl groups is 2. The van der Waals surface area contributed by atoms with Crippen molar-refractivity contribution in [2.75, 3.05) is 0 Å². The molecule has 1 saturated carbocycles. The number of benzene rings is 2. The minimum absolute atomic E-state index is 0.189. The van der Waals surface area contributed by atoms with Gasteiger partial charge in [-0.05, 0) is 73.3 Å². The number of hydrogen-bond acceptors (Lipinski definition) is 3. The molecular formula is C24H30O3. The molecule has 1 fully saturated rings. The van der Waals surface area contributed by atoms with E-state index >= 15 is 0 Å². The van der Waals surface area contributed by atoms with E-state index in [1.165, 1.54) is 11.1 Å². The summed E-state index contributed by atoms with van der Waals surface area (Å²) in [7, 11) is 0. The van der Waals surface area contributed by atoms with E-state index in [1.807, 2.05) is 42.5 Å². The molecule has 0 saturated heterocycles. The molecule has 27 heavy (non-hydrogen) atoms. The molecule has 2 aliphatic carbocycles. The van der Waals surface area contributed by atoms with Gasteiger partial charge < -0.3 is 15.3 Å². The lowest BCUT2D eigenvalue weighted by molar-refractivity contribution is -0.210. The van der Waals surface area contributed by atoms with Gasteiger partial charge in [0, 0.05) is 5.41 Å². The summed E-state index contributed by atoms with van der Waals surface area (Å²) in [4.78, 5) is 0. The molecule has 4 rings (SSSR count). The maximum absolute atomic E-state index is 11.7. The van der Waals surface area contributed by atoms with Crippen molar-refractivity contribution in [2.45, 2.75) is 63.1 Å². The number of hydrogen-bond donors (Lipinski definition) is 3. The van der Waals surface area contributed by atoms with Gasteiger partial charge in [-0.15, -0.1) is 0 Å². The van der Waals surface area contributed by atoms with Gasteiger partial charge in [0.2, 0.25) is 0 Å². The molecule has 0 amide bonds. The average molecular weight is 367 g/mol. The van der Waals surface area contributed by atoms with Crippen molar-refractivity contribution >= 4 is 0 Å². The van der Waals surface area contributed by atoms with Crippen LogP contribution in [0.4, 0.5) is 0 Å². The van der Waals surface area contributed by atoms with E-state index in [9.17, 15) is 15.3 Å². The molecule has 0 spiro atoms. The summed E-state index contributed by atoms with van der Waals surface area (Å²) in [6.07, 6.45) is 2.85. The van der Waals surface area contributed by atoms with Crippen molar-refractivity contribution < 1.29 is 15.3 Å². The zero-order valence-electron chi connectivity index (χ0n) is 16.4. The molecule has 144 valence electrons. The fraction of sp³-hybridized carbons (Fsp3) is 0.500. The first kappa shape index (κ1) is 18.5. The minimum atomic E-state index is -1.26. The van der Waals surface area contributed by atoms with Gasteiger partial charge in [0.05, 0.1) is 5.60 Å². The molecule has 0 aromatic heterocycles. The maximum atomic E-state index is 11.7. The molecule has 0 aliphatic heterocycles. The van der Waals surface area contributed by atoms with E-state index in [2.05, 4.69) is 13.8 Å². The van der Waals surface area contributed by atoms with E-state index in [0.29, 0.717) is 24.5 Å². The number of aromatic hydroxyl groups is 1. The Morgan fingerprint density at radius 1 is 1.07 bits per heavy atom. The van der Waals surface area contributed by atoms with E-state index in [4.69, 9.17) is 0 Å². The first-order valence-corrected chi connectivity index (χ1v) is 10.1. The summed E-state index contributed by atoms with van der Waals surface area (Å²) in [6, 6.07) is 15.3. The van der Waals surface area contributed by atoms with Crippen LogP contribution in [0.15, 0.2) is 48.5 Å². The van der Waals surface area contributed by atoms with Gasteiger partial charge in [0.1, 0.15) is 11.4 Å². The molecule has 0 bridgehead atoms. The van der Waals surface area contributed by atoms with Crippen molar-refractivity contribution in [1.82, 2.24) is 0 Å². The average Bonchev–Trinajstić information content (AvgIpc) is 2.63. The van der Waals surface area contributed by atoms with E-state index < -0.39 is 11.2 Å². The topological polar surface area (TPSA) is 60.7 Å². The standard InChI is InChI=1S/C24H30O3/c1-4-23-15-22(3,26)24(27,18-8-6-5-7-9-18)14-21(23)16(2)12-17-13-19(25)10-11-20(17)23/h5-11,13,16,21,25-27H,4,12,14-15H2,1-3H3/t16?,21-,22+,23-,24+/m0/s1. The van der Waals surface area contributed by atoms with Crippen LogP contribution in [0.5, 0.6) is 5.75 Å². The molecule has 3 nitrogen and oxygen atoms in total. The predicted molar refractivity (Wildman–Crippen MR) is 107 cm³/mol. The number of fused-ring (bicyclic) bond motifs is 3. The normalized spacial score (nSPS) is 38.1. The van der Waals surface area contributed by atoms with Gasteiger partial charge in [-0.3, -0.25) is 0 Å². The fourth-order valence-corrected chi connectivity index (χ4v) is 6.11. The van der Waals surface area contributed by atoms with Crippen LogP contribution in [-0.4, -0.2) is 20.9 Å². The fourth-order valence-electron chi connectivity index (χ4n) is 6.11. The summed E-state index contributed by atoms with van der Waals surface area (Å²) in [5, 5.41) is 33.3. The second-order valence-electron chi connectivity index (χ2n) is 9.02. The first-order valence-electron chi connectivity index (χ1n) is 10.1. The molecule has 2 aromatic rings. The van der Waals surface area contributed by atoms with Crippen LogP contribution in [0.25, 0.3) is 0 Å². The van der Waals surface area contributed by atoms with Crippen LogP contribution in [-0.2, 0) is 17.4 Å².